The molecular weight excluding hydrogens is 1090 g/mol. The fourth-order valence-electron chi connectivity index (χ4n) is 12.5. The summed E-state index contributed by atoms with van der Waals surface area (Å²) < 4.78 is 58.3. The van der Waals surface area contributed by atoms with Crippen molar-refractivity contribution >= 4 is 44.6 Å². The second-order valence-electron chi connectivity index (χ2n) is 26.1. The number of rotatable bonds is 12. The summed E-state index contributed by atoms with van der Waals surface area (Å²) in [5, 5.41) is 2.18. The number of aromatic nitrogens is 2. The van der Waals surface area contributed by atoms with E-state index in [1.807, 2.05) is 42.6 Å². The number of ether oxygens (including phenoxy) is 1. The van der Waals surface area contributed by atoms with E-state index < -0.39 is 22.9 Å². The van der Waals surface area contributed by atoms with Crippen molar-refractivity contribution in [3.63, 3.8) is 0 Å². The molecule has 1 aliphatic rings. The van der Waals surface area contributed by atoms with Gasteiger partial charge >= 0.3 is 0 Å². The minimum atomic E-state index is -0.982. The number of para-hydroxylation sites is 3. The molecule has 13 rings (SSSR count). The third-order valence-electron chi connectivity index (χ3n) is 17.3. The molecule has 0 saturated heterocycles. The Kier molecular flexibility index (Phi) is 14.7. The summed E-state index contributed by atoms with van der Waals surface area (Å²) >= 11 is 0. The maximum atomic E-state index is 16.9. The zero-order chi connectivity index (χ0) is 61.3. The van der Waals surface area contributed by atoms with Gasteiger partial charge in [0.1, 0.15) is 41.4 Å². The molecule has 0 unspecified atom stereocenters. The molecule has 3 heterocycles. The molecule has 0 saturated carbocycles. The molecule has 5 nitrogen and oxygen atoms in total. The lowest BCUT2D eigenvalue weighted by molar-refractivity contribution is 0.483. The Hall–Kier alpha value is -9.66. The first-order valence-electron chi connectivity index (χ1n) is 30.5. The van der Waals surface area contributed by atoms with Crippen LogP contribution in [0, 0.1) is 17.5 Å². The van der Waals surface area contributed by atoms with Crippen molar-refractivity contribution < 1.29 is 17.9 Å². The molecule has 0 fully saturated rings. The Morgan fingerprint density at radius 2 is 0.977 bits per heavy atom. The van der Waals surface area contributed by atoms with E-state index in [0.717, 1.165) is 118 Å². The third-order valence-corrected chi connectivity index (χ3v) is 17.3. The quantitative estimate of drug-likeness (QED) is 0.122. The van der Waals surface area contributed by atoms with Crippen LogP contribution in [0.2, 0.25) is 0 Å². The van der Waals surface area contributed by atoms with Crippen molar-refractivity contribution in [3.05, 3.63) is 264 Å². The normalized spacial score (nSPS) is 12.7. The van der Waals surface area contributed by atoms with E-state index in [0.29, 0.717) is 22.7 Å². The van der Waals surface area contributed by atoms with E-state index in [4.69, 9.17) is 9.72 Å². The predicted octanol–water partition coefficient (Wildman–Crippen LogP) is 22.8. The highest BCUT2D eigenvalue weighted by molar-refractivity contribution is 6.09. The van der Waals surface area contributed by atoms with Gasteiger partial charge < -0.3 is 14.5 Å². The van der Waals surface area contributed by atoms with Crippen LogP contribution < -0.4 is 14.5 Å². The Morgan fingerprint density at radius 1 is 0.432 bits per heavy atom. The van der Waals surface area contributed by atoms with Crippen molar-refractivity contribution in [2.24, 2.45) is 0 Å². The van der Waals surface area contributed by atoms with Crippen LogP contribution >= 0.6 is 0 Å². The van der Waals surface area contributed by atoms with E-state index >= 15 is 13.2 Å². The van der Waals surface area contributed by atoms with Crippen molar-refractivity contribution in [1.82, 2.24) is 9.55 Å². The Labute approximate surface area is 515 Å². The fourth-order valence-corrected chi connectivity index (χ4v) is 12.5. The van der Waals surface area contributed by atoms with Gasteiger partial charge in [-0.15, -0.1) is 0 Å². The Balaban J connectivity index is 1.04. The highest BCUT2D eigenvalue weighted by atomic mass is 19.1. The van der Waals surface area contributed by atoms with Gasteiger partial charge in [0.15, 0.2) is 0 Å². The Bertz CT molecular complexity index is 4540. The lowest BCUT2D eigenvalue weighted by Gasteiger charge is -2.31. The molecule has 0 bridgehead atoms. The zero-order valence-electron chi connectivity index (χ0n) is 51.6. The summed E-state index contributed by atoms with van der Waals surface area (Å²) in [6, 6.07) is 73.6. The van der Waals surface area contributed by atoms with Gasteiger partial charge in [-0.3, -0.25) is 4.57 Å². The molecule has 2 aromatic heterocycles. The molecule has 8 heteroatoms. The van der Waals surface area contributed by atoms with E-state index in [2.05, 4.69) is 253 Å². The third kappa shape index (κ3) is 10.9. The van der Waals surface area contributed by atoms with E-state index in [-0.39, 0.29) is 29.5 Å². The molecule has 0 atom stereocenters. The predicted molar refractivity (Wildman–Crippen MR) is 360 cm³/mol. The van der Waals surface area contributed by atoms with Gasteiger partial charge in [0.2, 0.25) is 0 Å². The number of pyridine rings is 1. The SMILES string of the molecule is CC(C)c1cc(-c2cc(C(C)(C)C)cc(-c3c(F)cc(F)cc3F)c2N2CN(c3cc(Oc4ccc5c6ccccc6n(-c6cc(C(C)(C)C)ccn6)c5c4)cc(-c4cc(-c5ccccc5)cc(-c5ccccc5)c4)c3)c3ccccc32)cc(C(C)C)c1. The molecule has 0 amide bonds. The van der Waals surface area contributed by atoms with Crippen LogP contribution in [0.1, 0.15) is 103 Å². The first kappa shape index (κ1) is 57.4. The largest absolute Gasteiger partial charge is 0.457 e. The van der Waals surface area contributed by atoms with Crippen LogP contribution in [0.15, 0.2) is 225 Å². The summed E-state index contributed by atoms with van der Waals surface area (Å²) in [6.07, 6.45) is 1.90. The van der Waals surface area contributed by atoms with Crippen LogP contribution in [0.4, 0.5) is 35.9 Å². The lowest BCUT2D eigenvalue weighted by atomic mass is 9.81. The minimum absolute atomic E-state index is 0.0976. The van der Waals surface area contributed by atoms with Crippen LogP contribution in [0.25, 0.3) is 83.3 Å². The first-order valence-corrected chi connectivity index (χ1v) is 30.5. The van der Waals surface area contributed by atoms with Crippen LogP contribution in [-0.2, 0) is 10.8 Å². The van der Waals surface area contributed by atoms with Gasteiger partial charge in [0.05, 0.1) is 33.7 Å². The summed E-state index contributed by atoms with van der Waals surface area (Å²) in [4.78, 5) is 9.40. The van der Waals surface area contributed by atoms with Gasteiger partial charge in [0.25, 0.3) is 0 Å². The number of hydrogen-bond acceptors (Lipinski definition) is 4. The summed E-state index contributed by atoms with van der Waals surface area (Å²) in [5.41, 5.74) is 16.9. The van der Waals surface area contributed by atoms with E-state index in [9.17, 15) is 0 Å². The van der Waals surface area contributed by atoms with Crippen LogP contribution in [0.5, 0.6) is 11.5 Å². The van der Waals surface area contributed by atoms with Crippen molar-refractivity contribution in [3.8, 4) is 73.0 Å². The topological polar surface area (TPSA) is 33.5 Å². The maximum absolute atomic E-state index is 16.9. The van der Waals surface area contributed by atoms with E-state index in [1.54, 1.807) is 0 Å². The highest BCUT2D eigenvalue weighted by Crippen LogP contribution is 2.53. The van der Waals surface area contributed by atoms with Crippen LogP contribution in [-0.4, -0.2) is 16.2 Å². The second kappa shape index (κ2) is 22.6. The number of fused-ring (bicyclic) bond motifs is 4. The van der Waals surface area contributed by atoms with Gasteiger partial charge in [-0.05, 0) is 169 Å². The van der Waals surface area contributed by atoms with Crippen molar-refractivity contribution in [2.45, 2.75) is 91.9 Å². The number of halogens is 3. The highest BCUT2D eigenvalue weighted by Gasteiger charge is 2.35. The smallest absolute Gasteiger partial charge is 0.137 e. The number of hydrogen-bond donors (Lipinski definition) is 0. The van der Waals surface area contributed by atoms with Crippen LogP contribution in [0.3, 0.4) is 0 Å². The average molecular weight is 1160 g/mol. The number of nitrogens with zero attached hydrogens (tertiary/aromatic N) is 4. The van der Waals surface area contributed by atoms with Gasteiger partial charge in [-0.1, -0.05) is 178 Å². The van der Waals surface area contributed by atoms with E-state index in [1.165, 1.54) is 5.56 Å². The van der Waals surface area contributed by atoms with Gasteiger partial charge in [0, 0.05) is 58.0 Å². The maximum Gasteiger partial charge on any atom is 0.137 e. The molecule has 10 aromatic carbocycles. The zero-order valence-corrected chi connectivity index (χ0v) is 51.6. The molecule has 0 radical (unpaired) electrons. The van der Waals surface area contributed by atoms with Gasteiger partial charge in [-0.2, -0.15) is 0 Å². The summed E-state index contributed by atoms with van der Waals surface area (Å²) in [7, 11) is 0. The van der Waals surface area contributed by atoms with Crippen molar-refractivity contribution in [2.75, 3.05) is 16.5 Å². The molecule has 88 heavy (non-hydrogen) atoms. The standard InChI is InChI=1S/C80H71F3N4O/c1-49(2)53-33-54(50(3)4)35-59(34-53)68-41-61(80(8,9)10)42-69(77-70(82)44-62(81)45-71(77)83)78(68)86-48-85(73-27-19-20-28-74(73)86)63-39-58(57-37-55(51-21-13-11-14-22-51)36-56(38-57)52-23-15-12-16-24-52)40-65(46-63)88-64-29-30-67-66-25-17-18-26-72(66)87(75(67)47-64)76-43-60(31-32-84-76)79(5,6)7/h11-47,49-50H,48H2,1-10H3. The molecular formula is C80H71F3N4O. The first-order chi connectivity index (χ1) is 42.2. The molecule has 0 N–H and O–H groups in total. The second-order valence-corrected chi connectivity index (χ2v) is 26.1. The summed E-state index contributed by atoms with van der Waals surface area (Å²) in [5.74, 6) is -0.495. The molecule has 12 aromatic rings. The fraction of sp³-hybridized carbons (Fsp3) is 0.188. The molecule has 438 valence electrons. The lowest BCUT2D eigenvalue weighted by Crippen LogP contribution is -2.25. The monoisotopic (exact) mass is 1160 g/mol. The average Bonchev–Trinajstić information content (AvgIpc) is 2.12. The number of anilines is 4. The molecule has 0 aliphatic carbocycles. The minimum Gasteiger partial charge on any atom is -0.457 e. The van der Waals surface area contributed by atoms with Gasteiger partial charge in [-0.25, -0.2) is 18.2 Å². The number of benzene rings is 10. The summed E-state index contributed by atoms with van der Waals surface area (Å²) in [6.45, 7) is 22.0. The van der Waals surface area contributed by atoms with Crippen molar-refractivity contribution in [1.29, 1.82) is 0 Å². The molecule has 0 spiro atoms. The molecule has 1 aliphatic heterocycles. The Morgan fingerprint density at radius 3 is 1.59 bits per heavy atom.